The minimum atomic E-state index is -0.279. The summed E-state index contributed by atoms with van der Waals surface area (Å²) in [6.45, 7) is 3.14. The molecule has 1 atom stereocenters. The van der Waals surface area contributed by atoms with Gasteiger partial charge < -0.3 is 15.1 Å². The highest BCUT2D eigenvalue weighted by molar-refractivity contribution is 5.89. The number of urea groups is 1. The fourth-order valence-corrected chi connectivity index (χ4v) is 3.91. The Kier molecular flexibility index (Phi) is 4.77. The number of benzene rings is 1. The molecule has 2 aliphatic heterocycles. The highest BCUT2D eigenvalue weighted by Gasteiger charge is 2.26. The van der Waals surface area contributed by atoms with Gasteiger partial charge in [0.2, 0.25) is 0 Å². The van der Waals surface area contributed by atoms with Gasteiger partial charge in [0, 0.05) is 49.7 Å². The zero-order valence-electron chi connectivity index (χ0n) is 14.7. The number of carbonyl (C=O) groups excluding carboxylic acids is 1. The molecule has 2 N–H and O–H groups in total. The summed E-state index contributed by atoms with van der Waals surface area (Å²) in [7, 11) is 0. The molecular weight excluding hydrogens is 333 g/mol. The number of H-pyrrole nitrogens is 1. The molecule has 2 fully saturated rings. The number of halogens is 1. The van der Waals surface area contributed by atoms with Crippen molar-refractivity contribution >= 4 is 17.4 Å². The van der Waals surface area contributed by atoms with Gasteiger partial charge in [-0.25, -0.2) is 9.18 Å². The van der Waals surface area contributed by atoms with Gasteiger partial charge in [-0.05, 0) is 49.9 Å². The zero-order chi connectivity index (χ0) is 17.9. The molecule has 4 rings (SSSR count). The second-order valence-electron chi connectivity index (χ2n) is 7.09. The van der Waals surface area contributed by atoms with Crippen LogP contribution in [-0.2, 0) is 0 Å². The second-order valence-corrected chi connectivity index (χ2v) is 7.09. The van der Waals surface area contributed by atoms with E-state index in [1.165, 1.54) is 6.07 Å². The molecule has 1 aromatic heterocycles. The predicted octanol–water partition coefficient (Wildman–Crippen LogP) is 3.56. The molecule has 2 aliphatic rings. The lowest BCUT2D eigenvalue weighted by atomic mass is 9.95. The maximum Gasteiger partial charge on any atom is 0.321 e. The Balaban J connectivity index is 1.40. The molecule has 2 amide bonds. The summed E-state index contributed by atoms with van der Waals surface area (Å²) in [6.07, 6.45) is 5.92. The minimum Gasteiger partial charge on any atom is -0.369 e. The van der Waals surface area contributed by atoms with E-state index in [1.807, 2.05) is 6.07 Å². The van der Waals surface area contributed by atoms with Crippen LogP contribution in [0.2, 0.25) is 0 Å². The fraction of sp³-hybridized carbons (Fsp3) is 0.474. The first-order valence-electron chi connectivity index (χ1n) is 9.30. The van der Waals surface area contributed by atoms with Crippen LogP contribution in [0.3, 0.4) is 0 Å². The average Bonchev–Trinajstić information content (AvgIpc) is 3.36. The van der Waals surface area contributed by atoms with Gasteiger partial charge in [0.15, 0.2) is 0 Å². The van der Waals surface area contributed by atoms with E-state index in [0.29, 0.717) is 24.5 Å². The van der Waals surface area contributed by atoms with E-state index >= 15 is 0 Å². The van der Waals surface area contributed by atoms with E-state index in [1.54, 1.807) is 23.2 Å². The standard InChI is InChI=1S/C19H24FN5O/c20-16-12-15(5-6-18(16)24-9-1-2-10-24)22-19(26)25-11-3-4-14(13-25)17-7-8-21-23-17/h5-8,12,14H,1-4,9-11,13H2,(H,21,23)(H,22,26). The molecule has 2 aromatic rings. The number of hydrogen-bond acceptors (Lipinski definition) is 3. The van der Waals surface area contributed by atoms with Crippen molar-refractivity contribution in [3.05, 3.63) is 42.0 Å². The number of nitrogens with zero attached hydrogens (tertiary/aromatic N) is 3. The molecule has 0 bridgehead atoms. The summed E-state index contributed by atoms with van der Waals surface area (Å²) >= 11 is 0. The van der Waals surface area contributed by atoms with Crippen molar-refractivity contribution in [3.8, 4) is 0 Å². The van der Waals surface area contributed by atoms with Crippen LogP contribution in [0.15, 0.2) is 30.5 Å². The lowest BCUT2D eigenvalue weighted by Gasteiger charge is -2.32. The maximum absolute atomic E-state index is 14.4. The molecule has 138 valence electrons. The Morgan fingerprint density at radius 3 is 2.77 bits per heavy atom. The molecule has 3 heterocycles. The minimum absolute atomic E-state index is 0.178. The number of anilines is 2. The summed E-state index contributed by atoms with van der Waals surface area (Å²) in [5.41, 5.74) is 2.18. The van der Waals surface area contributed by atoms with Crippen LogP contribution in [-0.4, -0.2) is 47.3 Å². The van der Waals surface area contributed by atoms with E-state index in [2.05, 4.69) is 20.4 Å². The molecule has 7 heteroatoms. The third-order valence-corrected chi connectivity index (χ3v) is 5.32. The monoisotopic (exact) mass is 357 g/mol. The Bertz CT molecular complexity index is 757. The van der Waals surface area contributed by atoms with Crippen molar-refractivity contribution in [2.24, 2.45) is 0 Å². The SMILES string of the molecule is O=C(Nc1ccc(N2CCCC2)c(F)c1)N1CCCC(c2ccn[nH]2)C1. The molecule has 0 spiro atoms. The smallest absolute Gasteiger partial charge is 0.321 e. The third kappa shape index (κ3) is 3.52. The van der Waals surface area contributed by atoms with Crippen LogP contribution in [0.1, 0.15) is 37.3 Å². The zero-order valence-corrected chi connectivity index (χ0v) is 14.7. The Morgan fingerprint density at radius 1 is 1.19 bits per heavy atom. The highest BCUT2D eigenvalue weighted by Crippen LogP contribution is 2.28. The summed E-state index contributed by atoms with van der Waals surface area (Å²) in [4.78, 5) is 16.4. The van der Waals surface area contributed by atoms with Crippen LogP contribution in [0.4, 0.5) is 20.6 Å². The summed E-state index contributed by atoms with van der Waals surface area (Å²) in [5, 5.41) is 9.83. The average molecular weight is 357 g/mol. The first kappa shape index (κ1) is 16.9. The topological polar surface area (TPSA) is 64.3 Å². The number of nitrogens with one attached hydrogen (secondary N) is 2. The van der Waals surface area contributed by atoms with E-state index in [0.717, 1.165) is 44.5 Å². The molecule has 0 saturated carbocycles. The Morgan fingerprint density at radius 2 is 2.04 bits per heavy atom. The quantitative estimate of drug-likeness (QED) is 0.883. The molecule has 6 nitrogen and oxygen atoms in total. The fourth-order valence-electron chi connectivity index (χ4n) is 3.91. The van der Waals surface area contributed by atoms with Gasteiger partial charge in [-0.2, -0.15) is 5.10 Å². The van der Waals surface area contributed by atoms with Gasteiger partial charge in [0.1, 0.15) is 5.82 Å². The molecule has 2 saturated heterocycles. The van der Waals surface area contributed by atoms with E-state index in [4.69, 9.17) is 0 Å². The van der Waals surface area contributed by atoms with Crippen molar-refractivity contribution < 1.29 is 9.18 Å². The Labute approximate surface area is 152 Å². The molecule has 26 heavy (non-hydrogen) atoms. The first-order chi connectivity index (χ1) is 12.7. The summed E-state index contributed by atoms with van der Waals surface area (Å²) in [6, 6.07) is 6.74. The lowest BCUT2D eigenvalue weighted by molar-refractivity contribution is 0.192. The molecule has 1 aromatic carbocycles. The van der Waals surface area contributed by atoms with Crippen LogP contribution >= 0.6 is 0 Å². The predicted molar refractivity (Wildman–Crippen MR) is 99.0 cm³/mol. The van der Waals surface area contributed by atoms with E-state index in [9.17, 15) is 9.18 Å². The number of amides is 2. The number of aromatic nitrogens is 2. The van der Waals surface area contributed by atoms with Gasteiger partial charge in [-0.3, -0.25) is 5.10 Å². The van der Waals surface area contributed by atoms with Gasteiger partial charge in [0.25, 0.3) is 0 Å². The second kappa shape index (κ2) is 7.35. The van der Waals surface area contributed by atoms with Gasteiger partial charge in [-0.15, -0.1) is 0 Å². The van der Waals surface area contributed by atoms with Crippen LogP contribution < -0.4 is 10.2 Å². The van der Waals surface area contributed by atoms with Crippen molar-refractivity contribution in [3.63, 3.8) is 0 Å². The molecular formula is C19H24FN5O. The number of likely N-dealkylation sites (tertiary alicyclic amines) is 1. The van der Waals surface area contributed by atoms with Gasteiger partial charge >= 0.3 is 6.03 Å². The highest BCUT2D eigenvalue weighted by atomic mass is 19.1. The van der Waals surface area contributed by atoms with Gasteiger partial charge in [0.05, 0.1) is 5.69 Å². The lowest BCUT2D eigenvalue weighted by Crippen LogP contribution is -2.41. The van der Waals surface area contributed by atoms with Crippen molar-refractivity contribution in [1.29, 1.82) is 0 Å². The molecule has 0 radical (unpaired) electrons. The van der Waals surface area contributed by atoms with Crippen molar-refractivity contribution in [2.75, 3.05) is 36.4 Å². The van der Waals surface area contributed by atoms with Crippen molar-refractivity contribution in [1.82, 2.24) is 15.1 Å². The maximum atomic E-state index is 14.4. The first-order valence-corrected chi connectivity index (χ1v) is 9.30. The number of piperidine rings is 1. The number of rotatable bonds is 3. The van der Waals surface area contributed by atoms with Crippen LogP contribution in [0.25, 0.3) is 0 Å². The van der Waals surface area contributed by atoms with Crippen molar-refractivity contribution in [2.45, 2.75) is 31.6 Å². The normalized spacial score (nSPS) is 20.4. The number of aromatic amines is 1. The number of hydrogen-bond donors (Lipinski definition) is 2. The molecule has 0 aliphatic carbocycles. The third-order valence-electron chi connectivity index (χ3n) is 5.32. The van der Waals surface area contributed by atoms with E-state index in [-0.39, 0.29) is 17.8 Å². The van der Waals surface area contributed by atoms with Gasteiger partial charge in [-0.1, -0.05) is 0 Å². The summed E-state index contributed by atoms with van der Waals surface area (Å²) < 4.78 is 14.4. The molecule has 1 unspecified atom stereocenters. The Hall–Kier alpha value is -2.57. The number of carbonyl (C=O) groups is 1. The van der Waals surface area contributed by atoms with E-state index < -0.39 is 0 Å². The van der Waals surface area contributed by atoms with Crippen LogP contribution in [0, 0.1) is 5.82 Å². The summed E-state index contributed by atoms with van der Waals surface area (Å²) in [5.74, 6) is -0.00930. The largest absolute Gasteiger partial charge is 0.369 e. The van der Waals surface area contributed by atoms with Crippen LogP contribution in [0.5, 0.6) is 0 Å².